The van der Waals surface area contributed by atoms with E-state index < -0.39 is 0 Å². The normalized spacial score (nSPS) is 10.6. The molecule has 0 atom stereocenters. The first kappa shape index (κ1) is 17.2. The SMILES string of the molecule is Cc1noc(C)c1CSc1ncccc1C(=O)NCc1ccccn1. The molecule has 0 spiro atoms. The van der Waals surface area contributed by atoms with Crippen molar-refractivity contribution in [2.75, 3.05) is 0 Å². The minimum absolute atomic E-state index is 0.167. The van der Waals surface area contributed by atoms with Gasteiger partial charge >= 0.3 is 0 Å². The Morgan fingerprint density at radius 2 is 2.00 bits per heavy atom. The van der Waals surface area contributed by atoms with Gasteiger partial charge in [0.05, 0.1) is 23.5 Å². The average Bonchev–Trinajstić information content (AvgIpc) is 2.97. The second-order valence-electron chi connectivity index (χ2n) is 5.45. The summed E-state index contributed by atoms with van der Waals surface area (Å²) < 4.78 is 5.18. The van der Waals surface area contributed by atoms with Crippen molar-refractivity contribution in [2.45, 2.75) is 31.2 Å². The summed E-state index contributed by atoms with van der Waals surface area (Å²) in [4.78, 5) is 21.1. The van der Waals surface area contributed by atoms with Gasteiger partial charge in [0.25, 0.3) is 5.91 Å². The highest BCUT2D eigenvalue weighted by Crippen LogP contribution is 2.27. The Labute approximate surface area is 150 Å². The Hall–Kier alpha value is -2.67. The maximum Gasteiger partial charge on any atom is 0.254 e. The molecule has 1 N–H and O–H groups in total. The van der Waals surface area contributed by atoms with Crippen molar-refractivity contribution in [3.05, 3.63) is 71.0 Å². The number of aryl methyl sites for hydroxylation is 2. The first-order valence-corrected chi connectivity index (χ1v) is 8.81. The summed E-state index contributed by atoms with van der Waals surface area (Å²) in [6.07, 6.45) is 3.39. The van der Waals surface area contributed by atoms with Gasteiger partial charge in [0.15, 0.2) is 0 Å². The quantitative estimate of drug-likeness (QED) is 0.684. The molecule has 3 rings (SSSR count). The van der Waals surface area contributed by atoms with Gasteiger partial charge in [0, 0.05) is 23.7 Å². The van der Waals surface area contributed by atoms with Crippen LogP contribution >= 0.6 is 11.8 Å². The number of thioether (sulfide) groups is 1. The van der Waals surface area contributed by atoms with Crippen LogP contribution in [0.15, 0.2) is 52.3 Å². The number of nitrogens with one attached hydrogen (secondary N) is 1. The summed E-state index contributed by atoms with van der Waals surface area (Å²) in [7, 11) is 0. The third kappa shape index (κ3) is 4.24. The van der Waals surface area contributed by atoms with E-state index in [-0.39, 0.29) is 5.91 Å². The second-order valence-corrected chi connectivity index (χ2v) is 6.42. The van der Waals surface area contributed by atoms with E-state index >= 15 is 0 Å². The van der Waals surface area contributed by atoms with Gasteiger partial charge in [-0.2, -0.15) is 0 Å². The van der Waals surface area contributed by atoms with Gasteiger partial charge < -0.3 is 9.84 Å². The lowest BCUT2D eigenvalue weighted by atomic mass is 10.2. The van der Waals surface area contributed by atoms with Crippen LogP contribution in [0.2, 0.25) is 0 Å². The monoisotopic (exact) mass is 354 g/mol. The summed E-state index contributed by atoms with van der Waals surface area (Å²) in [6.45, 7) is 4.17. The molecular weight excluding hydrogens is 336 g/mol. The Morgan fingerprint density at radius 1 is 1.16 bits per heavy atom. The van der Waals surface area contributed by atoms with Crippen molar-refractivity contribution in [3.8, 4) is 0 Å². The number of carbonyl (C=O) groups excluding carboxylic acids is 1. The fourth-order valence-electron chi connectivity index (χ4n) is 2.30. The molecule has 0 unspecified atom stereocenters. The molecule has 3 aromatic rings. The van der Waals surface area contributed by atoms with E-state index in [2.05, 4.69) is 20.4 Å². The van der Waals surface area contributed by atoms with Crippen LogP contribution in [-0.2, 0) is 12.3 Å². The molecule has 3 heterocycles. The molecule has 0 aliphatic carbocycles. The molecule has 128 valence electrons. The van der Waals surface area contributed by atoms with E-state index in [0.717, 1.165) is 22.7 Å². The van der Waals surface area contributed by atoms with Gasteiger partial charge in [-0.15, -0.1) is 11.8 Å². The van der Waals surface area contributed by atoms with E-state index in [1.54, 1.807) is 24.5 Å². The van der Waals surface area contributed by atoms with E-state index in [4.69, 9.17) is 4.52 Å². The summed E-state index contributed by atoms with van der Waals surface area (Å²) in [5, 5.41) is 7.52. The van der Waals surface area contributed by atoms with E-state index in [1.165, 1.54) is 11.8 Å². The van der Waals surface area contributed by atoms with Crippen LogP contribution in [0.25, 0.3) is 0 Å². The van der Waals surface area contributed by atoms with Crippen molar-refractivity contribution in [3.63, 3.8) is 0 Å². The smallest absolute Gasteiger partial charge is 0.254 e. The van der Waals surface area contributed by atoms with Gasteiger partial charge in [-0.3, -0.25) is 9.78 Å². The van der Waals surface area contributed by atoms with E-state index in [0.29, 0.717) is 22.9 Å². The predicted octanol–water partition coefficient (Wildman–Crippen LogP) is 3.30. The lowest BCUT2D eigenvalue weighted by Crippen LogP contribution is -2.24. The highest BCUT2D eigenvalue weighted by molar-refractivity contribution is 7.98. The highest BCUT2D eigenvalue weighted by Gasteiger charge is 2.15. The minimum Gasteiger partial charge on any atom is -0.361 e. The lowest BCUT2D eigenvalue weighted by Gasteiger charge is -2.09. The number of amides is 1. The molecule has 0 aliphatic rings. The molecule has 25 heavy (non-hydrogen) atoms. The zero-order valence-corrected chi connectivity index (χ0v) is 14.8. The molecule has 0 bridgehead atoms. The lowest BCUT2D eigenvalue weighted by molar-refractivity contribution is 0.0946. The molecule has 3 aromatic heterocycles. The molecule has 1 amide bonds. The van der Waals surface area contributed by atoms with Gasteiger partial charge in [0.1, 0.15) is 10.8 Å². The molecule has 0 saturated carbocycles. The molecule has 0 aromatic carbocycles. The van der Waals surface area contributed by atoms with Gasteiger partial charge in [0.2, 0.25) is 0 Å². The number of aromatic nitrogens is 3. The fraction of sp³-hybridized carbons (Fsp3) is 0.222. The maximum absolute atomic E-state index is 12.5. The van der Waals surface area contributed by atoms with Crippen LogP contribution in [0.1, 0.15) is 33.1 Å². The molecular formula is C18H18N4O2S. The molecule has 0 saturated heterocycles. The van der Waals surface area contributed by atoms with Crippen LogP contribution in [-0.4, -0.2) is 21.0 Å². The van der Waals surface area contributed by atoms with Crippen molar-refractivity contribution in [2.24, 2.45) is 0 Å². The third-order valence-electron chi connectivity index (χ3n) is 3.71. The summed E-state index contributed by atoms with van der Waals surface area (Å²) in [5.74, 6) is 1.28. The molecule has 6 nitrogen and oxygen atoms in total. The average molecular weight is 354 g/mol. The second kappa shape index (κ2) is 7.94. The van der Waals surface area contributed by atoms with Crippen LogP contribution in [0.4, 0.5) is 0 Å². The number of rotatable bonds is 6. The summed E-state index contributed by atoms with van der Waals surface area (Å²) in [6, 6.07) is 9.14. The largest absolute Gasteiger partial charge is 0.361 e. The van der Waals surface area contributed by atoms with Crippen molar-refractivity contribution >= 4 is 17.7 Å². The topological polar surface area (TPSA) is 80.9 Å². The van der Waals surface area contributed by atoms with Gasteiger partial charge in [-0.05, 0) is 38.1 Å². The fourth-order valence-corrected chi connectivity index (χ4v) is 3.44. The molecule has 0 radical (unpaired) electrons. The number of carbonyl (C=O) groups is 1. The first-order chi connectivity index (χ1) is 12.1. The minimum atomic E-state index is -0.167. The molecule has 7 heteroatoms. The Balaban J connectivity index is 1.69. The van der Waals surface area contributed by atoms with E-state index in [1.807, 2.05) is 32.0 Å². The predicted molar refractivity (Wildman–Crippen MR) is 95.2 cm³/mol. The van der Waals surface area contributed by atoms with Crippen molar-refractivity contribution < 1.29 is 9.32 Å². The molecule has 0 aliphatic heterocycles. The first-order valence-electron chi connectivity index (χ1n) is 7.83. The standard InChI is InChI=1S/C18H18N4O2S/c1-12-16(13(2)24-22-12)11-25-18-15(7-5-9-20-18)17(23)21-10-14-6-3-4-8-19-14/h3-9H,10-11H2,1-2H3,(H,21,23). The Kier molecular flexibility index (Phi) is 5.45. The van der Waals surface area contributed by atoms with Crippen LogP contribution in [0.5, 0.6) is 0 Å². The van der Waals surface area contributed by atoms with Crippen molar-refractivity contribution in [1.29, 1.82) is 0 Å². The Bertz CT molecular complexity index is 845. The van der Waals surface area contributed by atoms with Gasteiger partial charge in [-0.25, -0.2) is 4.98 Å². The van der Waals surface area contributed by atoms with E-state index in [9.17, 15) is 4.79 Å². The summed E-state index contributed by atoms with van der Waals surface area (Å²) in [5.41, 5.74) is 3.26. The van der Waals surface area contributed by atoms with Crippen molar-refractivity contribution in [1.82, 2.24) is 20.4 Å². The number of hydrogen-bond acceptors (Lipinski definition) is 6. The third-order valence-corrected chi connectivity index (χ3v) is 4.74. The Morgan fingerprint density at radius 3 is 2.72 bits per heavy atom. The zero-order chi connectivity index (χ0) is 17.6. The number of hydrogen-bond donors (Lipinski definition) is 1. The zero-order valence-electron chi connectivity index (χ0n) is 14.0. The summed E-state index contributed by atoms with van der Waals surface area (Å²) >= 11 is 1.50. The number of nitrogens with zero attached hydrogens (tertiary/aromatic N) is 3. The van der Waals surface area contributed by atoms with Gasteiger partial charge in [-0.1, -0.05) is 11.2 Å². The number of pyridine rings is 2. The van der Waals surface area contributed by atoms with Crippen LogP contribution < -0.4 is 5.32 Å². The highest BCUT2D eigenvalue weighted by atomic mass is 32.2. The molecule has 0 fully saturated rings. The maximum atomic E-state index is 12.5. The van der Waals surface area contributed by atoms with Crippen LogP contribution in [0.3, 0.4) is 0 Å². The van der Waals surface area contributed by atoms with Crippen LogP contribution in [0, 0.1) is 13.8 Å².